The van der Waals surface area contributed by atoms with Crippen molar-refractivity contribution in [2.45, 2.75) is 79.4 Å². The quantitative estimate of drug-likeness (QED) is 0.458. The second-order valence-corrected chi connectivity index (χ2v) is 7.01. The molecule has 0 aliphatic heterocycles. The molecule has 0 bridgehead atoms. The summed E-state index contributed by atoms with van der Waals surface area (Å²) < 4.78 is 47.0. The van der Waals surface area contributed by atoms with Gasteiger partial charge in [0.25, 0.3) is 0 Å². The second kappa shape index (κ2) is 13.5. The Bertz CT molecular complexity index is 600. The smallest absolute Gasteiger partial charge is 0.418 e. The summed E-state index contributed by atoms with van der Waals surface area (Å²) in [5.74, 6) is 0.528. The number of rotatable bonds is 11. The molecule has 0 saturated heterocycles. The molecular weight excluding hydrogens is 383 g/mol. The van der Waals surface area contributed by atoms with Crippen LogP contribution >= 0.6 is 0 Å². The van der Waals surface area contributed by atoms with Crippen LogP contribution in [0.4, 0.5) is 18.9 Å². The molecule has 1 unspecified atom stereocenters. The molecule has 1 aromatic carbocycles. The lowest BCUT2D eigenvalue weighted by atomic mass is 9.99. The van der Waals surface area contributed by atoms with Crippen LogP contribution in [-0.4, -0.2) is 30.8 Å². The fourth-order valence-electron chi connectivity index (χ4n) is 2.88. The van der Waals surface area contributed by atoms with Crippen molar-refractivity contribution in [3.05, 3.63) is 23.3 Å². The molecule has 4 nitrogen and oxygen atoms in total. The van der Waals surface area contributed by atoms with Gasteiger partial charge >= 0.3 is 6.18 Å². The summed E-state index contributed by atoms with van der Waals surface area (Å²) in [5, 5.41) is 9.52. The molecule has 1 aromatic rings. The molecule has 0 spiro atoms. The van der Waals surface area contributed by atoms with E-state index in [0.717, 1.165) is 17.4 Å². The Morgan fingerprint density at radius 2 is 1.83 bits per heavy atom. The average Bonchev–Trinajstić information content (AvgIpc) is 2.67. The minimum absolute atomic E-state index is 0.151. The number of aryl methyl sites for hydroxylation is 1. The number of halogens is 3. The average molecular weight is 420 g/mol. The van der Waals surface area contributed by atoms with E-state index in [1.165, 1.54) is 0 Å². The van der Waals surface area contributed by atoms with E-state index in [9.17, 15) is 23.1 Å². The van der Waals surface area contributed by atoms with Crippen LogP contribution in [0, 0.1) is 5.92 Å². The number of nitrogens with zero attached hydrogens (tertiary/aromatic N) is 1. The highest BCUT2D eigenvalue weighted by Crippen LogP contribution is 2.42. The predicted molar refractivity (Wildman–Crippen MR) is 111 cm³/mol. The van der Waals surface area contributed by atoms with Crippen LogP contribution < -0.4 is 9.64 Å². The Morgan fingerprint density at radius 3 is 2.24 bits per heavy atom. The highest BCUT2D eigenvalue weighted by molar-refractivity contribution is 5.81. The molecule has 0 heterocycles. The van der Waals surface area contributed by atoms with Crippen molar-refractivity contribution in [2.24, 2.45) is 5.92 Å². The van der Waals surface area contributed by atoms with Crippen LogP contribution in [0.15, 0.2) is 12.1 Å². The van der Waals surface area contributed by atoms with E-state index in [4.69, 9.17) is 4.74 Å². The number of hydrogen-bond donors (Lipinski definition) is 1. The second-order valence-electron chi connectivity index (χ2n) is 7.01. The fraction of sp³-hybridized carbons (Fsp3) is 0.682. The van der Waals surface area contributed by atoms with Gasteiger partial charge in [0.15, 0.2) is 0 Å². The van der Waals surface area contributed by atoms with Gasteiger partial charge in [0.05, 0.1) is 30.5 Å². The van der Waals surface area contributed by atoms with Gasteiger partial charge in [-0.1, -0.05) is 48.0 Å². The summed E-state index contributed by atoms with van der Waals surface area (Å²) in [6.07, 6.45) is -2.23. The lowest BCUT2D eigenvalue weighted by molar-refractivity contribution is -0.137. The van der Waals surface area contributed by atoms with E-state index in [2.05, 4.69) is 0 Å². The van der Waals surface area contributed by atoms with Crippen molar-refractivity contribution >= 4 is 12.1 Å². The van der Waals surface area contributed by atoms with Crippen molar-refractivity contribution < 1.29 is 27.8 Å². The zero-order valence-corrected chi connectivity index (χ0v) is 18.5. The van der Waals surface area contributed by atoms with Gasteiger partial charge in [-0.15, -0.1) is 0 Å². The van der Waals surface area contributed by atoms with Crippen LogP contribution in [0.5, 0.6) is 5.75 Å². The number of aliphatic hydroxyl groups is 1. The van der Waals surface area contributed by atoms with Crippen molar-refractivity contribution in [3.63, 3.8) is 0 Å². The SMILES string of the molecule is CC.CCCc1cc(OCCC(C)C)cc(C(F)(F)F)c1N(C=O)C(CC)CO. The number of carbonyl (C=O) groups excluding carboxylic acids is 1. The van der Waals surface area contributed by atoms with Gasteiger partial charge < -0.3 is 14.7 Å². The third kappa shape index (κ3) is 8.25. The fourth-order valence-corrected chi connectivity index (χ4v) is 2.88. The third-order valence-electron chi connectivity index (χ3n) is 4.40. The first-order chi connectivity index (χ1) is 13.7. The largest absolute Gasteiger partial charge is 0.494 e. The molecule has 0 aliphatic rings. The first-order valence-corrected chi connectivity index (χ1v) is 10.4. The maximum Gasteiger partial charge on any atom is 0.418 e. The number of anilines is 1. The molecule has 168 valence electrons. The number of hydrogen-bond acceptors (Lipinski definition) is 3. The maximum absolute atomic E-state index is 13.8. The Morgan fingerprint density at radius 1 is 1.21 bits per heavy atom. The molecule has 1 N–H and O–H groups in total. The molecule has 0 radical (unpaired) electrons. The molecule has 1 atom stereocenters. The van der Waals surface area contributed by atoms with E-state index in [0.29, 0.717) is 43.8 Å². The number of amides is 1. The Balaban J connectivity index is 0.00000379. The molecule has 0 aliphatic carbocycles. The maximum atomic E-state index is 13.8. The summed E-state index contributed by atoms with van der Waals surface area (Å²) in [6, 6.07) is 1.82. The topological polar surface area (TPSA) is 49.8 Å². The molecule has 1 rings (SSSR count). The van der Waals surface area contributed by atoms with Gasteiger partial charge in [0.1, 0.15) is 5.75 Å². The van der Waals surface area contributed by atoms with E-state index < -0.39 is 24.4 Å². The summed E-state index contributed by atoms with van der Waals surface area (Å²) in [5.41, 5.74) is -0.700. The first-order valence-electron chi connectivity index (χ1n) is 10.4. The molecule has 0 aromatic heterocycles. The number of carbonyl (C=O) groups is 1. The summed E-state index contributed by atoms with van der Waals surface area (Å²) >= 11 is 0. The number of aliphatic hydroxyl groups excluding tert-OH is 1. The van der Waals surface area contributed by atoms with Gasteiger partial charge in [0, 0.05) is 0 Å². The Kier molecular flexibility index (Phi) is 12.6. The highest BCUT2D eigenvalue weighted by atomic mass is 19.4. The summed E-state index contributed by atoms with van der Waals surface area (Å²) in [6.45, 7) is 11.5. The van der Waals surface area contributed by atoms with E-state index in [-0.39, 0.29) is 11.4 Å². The van der Waals surface area contributed by atoms with E-state index >= 15 is 0 Å². The lowest BCUT2D eigenvalue weighted by Crippen LogP contribution is -2.38. The van der Waals surface area contributed by atoms with Crippen LogP contribution in [0.3, 0.4) is 0 Å². The minimum atomic E-state index is -4.65. The third-order valence-corrected chi connectivity index (χ3v) is 4.40. The van der Waals surface area contributed by atoms with Crippen LogP contribution in [0.1, 0.15) is 71.9 Å². The van der Waals surface area contributed by atoms with E-state index in [1.54, 1.807) is 13.0 Å². The first kappa shape index (κ1) is 27.2. The van der Waals surface area contributed by atoms with Gasteiger partial charge in [-0.25, -0.2) is 0 Å². The monoisotopic (exact) mass is 419 g/mol. The van der Waals surface area contributed by atoms with Crippen molar-refractivity contribution in [1.29, 1.82) is 0 Å². The summed E-state index contributed by atoms with van der Waals surface area (Å²) in [7, 11) is 0. The number of alkyl halides is 3. The highest BCUT2D eigenvalue weighted by Gasteiger charge is 2.38. The summed E-state index contributed by atoms with van der Waals surface area (Å²) in [4.78, 5) is 12.7. The predicted octanol–water partition coefficient (Wildman–Crippen LogP) is 5.84. The Labute approximate surface area is 173 Å². The molecule has 0 fully saturated rings. The lowest BCUT2D eigenvalue weighted by Gasteiger charge is -2.31. The van der Waals surface area contributed by atoms with Gasteiger partial charge in [0.2, 0.25) is 6.41 Å². The number of ether oxygens (including phenoxy) is 1. The molecule has 29 heavy (non-hydrogen) atoms. The van der Waals surface area contributed by atoms with Gasteiger partial charge in [-0.2, -0.15) is 13.2 Å². The Hall–Kier alpha value is -1.76. The zero-order valence-electron chi connectivity index (χ0n) is 18.5. The number of benzene rings is 1. The molecule has 1 amide bonds. The normalized spacial score (nSPS) is 12.2. The van der Waals surface area contributed by atoms with Crippen LogP contribution in [0.2, 0.25) is 0 Å². The zero-order chi connectivity index (χ0) is 22.6. The molecule has 7 heteroatoms. The van der Waals surface area contributed by atoms with Crippen molar-refractivity contribution in [1.82, 2.24) is 0 Å². The van der Waals surface area contributed by atoms with E-state index in [1.807, 2.05) is 34.6 Å². The van der Waals surface area contributed by atoms with Gasteiger partial charge in [-0.05, 0) is 42.9 Å². The molecule has 0 saturated carbocycles. The molecular formula is C22H36F3NO3. The van der Waals surface area contributed by atoms with Gasteiger partial charge in [-0.3, -0.25) is 4.79 Å². The standard InChI is InChI=1S/C20H30F3NO3.C2H6/c1-5-7-15-10-17(27-9-8-14(3)4)11-18(20(21,22)23)19(15)24(13-26)16(6-2)12-25;1-2/h10-11,13-14,16,25H,5-9,12H2,1-4H3;1-2H3. The van der Waals surface area contributed by atoms with Crippen LogP contribution in [0.25, 0.3) is 0 Å². The minimum Gasteiger partial charge on any atom is -0.494 e. The van der Waals surface area contributed by atoms with Crippen LogP contribution in [-0.2, 0) is 17.4 Å². The van der Waals surface area contributed by atoms with Crippen molar-refractivity contribution in [3.8, 4) is 5.75 Å². The van der Waals surface area contributed by atoms with Crippen molar-refractivity contribution in [2.75, 3.05) is 18.1 Å².